The third-order valence-electron chi connectivity index (χ3n) is 3.47. The summed E-state index contributed by atoms with van der Waals surface area (Å²) in [5.74, 6) is 0. The minimum absolute atomic E-state index is 0.309. The monoisotopic (exact) mass is 301 g/mol. The summed E-state index contributed by atoms with van der Waals surface area (Å²) < 4.78 is 1.33. The van der Waals surface area contributed by atoms with Gasteiger partial charge in [0.05, 0.1) is 6.04 Å². The Balaban J connectivity index is 1.84. The SMILES string of the molecule is CCC(Nc1ccc2sccc2c1)c1ccc(Cl)cc1. The van der Waals surface area contributed by atoms with Gasteiger partial charge in [-0.15, -0.1) is 11.3 Å². The summed E-state index contributed by atoms with van der Waals surface area (Å²) in [6, 6.07) is 17.1. The van der Waals surface area contributed by atoms with Crippen LogP contribution in [0.4, 0.5) is 5.69 Å². The van der Waals surface area contributed by atoms with Crippen LogP contribution in [0.5, 0.6) is 0 Å². The number of anilines is 1. The molecule has 1 atom stereocenters. The zero-order chi connectivity index (χ0) is 13.9. The maximum atomic E-state index is 5.95. The molecule has 0 saturated carbocycles. The highest BCUT2D eigenvalue weighted by Gasteiger charge is 2.09. The van der Waals surface area contributed by atoms with Crippen molar-refractivity contribution >= 4 is 38.7 Å². The Hall–Kier alpha value is -1.51. The molecule has 1 nitrogen and oxygen atoms in total. The van der Waals surface area contributed by atoms with E-state index >= 15 is 0 Å². The summed E-state index contributed by atoms with van der Waals surface area (Å²) in [5.41, 5.74) is 2.43. The second kappa shape index (κ2) is 5.86. The van der Waals surface area contributed by atoms with E-state index in [1.54, 1.807) is 11.3 Å². The molecule has 1 N–H and O–H groups in total. The molecule has 102 valence electrons. The normalized spacial score (nSPS) is 12.5. The highest BCUT2D eigenvalue weighted by molar-refractivity contribution is 7.17. The van der Waals surface area contributed by atoms with Crippen LogP contribution in [0.1, 0.15) is 24.9 Å². The molecule has 1 heterocycles. The number of hydrogen-bond acceptors (Lipinski definition) is 2. The van der Waals surface area contributed by atoms with E-state index in [0.717, 1.165) is 17.1 Å². The summed E-state index contributed by atoms with van der Waals surface area (Å²) in [4.78, 5) is 0. The van der Waals surface area contributed by atoms with E-state index in [9.17, 15) is 0 Å². The number of benzene rings is 2. The average molecular weight is 302 g/mol. The lowest BCUT2D eigenvalue weighted by molar-refractivity contribution is 0.750. The van der Waals surface area contributed by atoms with Crippen molar-refractivity contribution in [2.45, 2.75) is 19.4 Å². The molecule has 0 fully saturated rings. The molecule has 3 heteroatoms. The first kappa shape index (κ1) is 13.5. The summed E-state index contributed by atoms with van der Waals surface area (Å²) in [6.45, 7) is 2.19. The fourth-order valence-corrected chi connectivity index (χ4v) is 3.27. The van der Waals surface area contributed by atoms with Crippen molar-refractivity contribution in [1.29, 1.82) is 0 Å². The Morgan fingerprint density at radius 1 is 1.10 bits per heavy atom. The Bertz CT molecular complexity index is 702. The maximum Gasteiger partial charge on any atom is 0.0511 e. The molecule has 3 aromatic rings. The number of thiophene rings is 1. The van der Waals surface area contributed by atoms with Gasteiger partial charge in [-0.05, 0) is 59.1 Å². The van der Waals surface area contributed by atoms with Crippen molar-refractivity contribution in [3.63, 3.8) is 0 Å². The second-order valence-corrected chi connectivity index (χ2v) is 6.21. The largest absolute Gasteiger partial charge is 0.378 e. The van der Waals surface area contributed by atoms with Gasteiger partial charge in [-0.25, -0.2) is 0 Å². The van der Waals surface area contributed by atoms with Crippen LogP contribution in [0.3, 0.4) is 0 Å². The number of rotatable bonds is 4. The third kappa shape index (κ3) is 2.82. The Labute approximate surface area is 128 Å². The number of nitrogens with one attached hydrogen (secondary N) is 1. The molecule has 3 rings (SSSR count). The van der Waals surface area contributed by atoms with E-state index in [0.29, 0.717) is 6.04 Å². The van der Waals surface area contributed by atoms with E-state index in [-0.39, 0.29) is 0 Å². The van der Waals surface area contributed by atoms with E-state index in [1.165, 1.54) is 15.6 Å². The van der Waals surface area contributed by atoms with Crippen molar-refractivity contribution in [3.8, 4) is 0 Å². The zero-order valence-electron chi connectivity index (χ0n) is 11.3. The highest BCUT2D eigenvalue weighted by Crippen LogP contribution is 2.28. The van der Waals surface area contributed by atoms with Crippen LogP contribution in [0.15, 0.2) is 53.9 Å². The first-order chi connectivity index (χ1) is 9.76. The van der Waals surface area contributed by atoms with Crippen molar-refractivity contribution in [2.75, 3.05) is 5.32 Å². The van der Waals surface area contributed by atoms with Gasteiger partial charge in [-0.2, -0.15) is 0 Å². The molecule has 0 saturated heterocycles. The topological polar surface area (TPSA) is 12.0 Å². The van der Waals surface area contributed by atoms with Crippen LogP contribution in [0, 0.1) is 0 Å². The standard InChI is InChI=1S/C17H16ClNS/c1-2-16(12-3-5-14(18)6-4-12)19-15-7-8-17-13(11-15)9-10-20-17/h3-11,16,19H,2H2,1H3. The first-order valence-corrected chi connectivity index (χ1v) is 8.01. The van der Waals surface area contributed by atoms with Gasteiger partial charge in [0.2, 0.25) is 0 Å². The maximum absolute atomic E-state index is 5.95. The van der Waals surface area contributed by atoms with Crippen molar-refractivity contribution < 1.29 is 0 Å². The molecule has 0 bridgehead atoms. The first-order valence-electron chi connectivity index (χ1n) is 6.75. The van der Waals surface area contributed by atoms with Crippen LogP contribution in [-0.2, 0) is 0 Å². The van der Waals surface area contributed by atoms with Crippen molar-refractivity contribution in [2.24, 2.45) is 0 Å². The van der Waals surface area contributed by atoms with Gasteiger partial charge in [0.1, 0.15) is 0 Å². The van der Waals surface area contributed by atoms with Crippen LogP contribution in [-0.4, -0.2) is 0 Å². The van der Waals surface area contributed by atoms with E-state index < -0.39 is 0 Å². The van der Waals surface area contributed by atoms with Gasteiger partial charge < -0.3 is 5.32 Å². The summed E-state index contributed by atoms with van der Waals surface area (Å²) >= 11 is 7.73. The Morgan fingerprint density at radius 3 is 2.65 bits per heavy atom. The second-order valence-electron chi connectivity index (χ2n) is 4.83. The lowest BCUT2D eigenvalue weighted by atomic mass is 10.0. The molecule has 0 aliphatic heterocycles. The van der Waals surface area contributed by atoms with Gasteiger partial charge in [0.25, 0.3) is 0 Å². The fraction of sp³-hybridized carbons (Fsp3) is 0.176. The smallest absolute Gasteiger partial charge is 0.0511 e. The van der Waals surface area contributed by atoms with Gasteiger partial charge in [-0.1, -0.05) is 30.7 Å². The van der Waals surface area contributed by atoms with Crippen LogP contribution in [0.2, 0.25) is 5.02 Å². The van der Waals surface area contributed by atoms with E-state index in [2.05, 4.69) is 54.0 Å². The highest BCUT2D eigenvalue weighted by atomic mass is 35.5. The van der Waals surface area contributed by atoms with Gasteiger partial charge in [0.15, 0.2) is 0 Å². The minimum atomic E-state index is 0.309. The molecule has 0 amide bonds. The van der Waals surface area contributed by atoms with E-state index in [1.807, 2.05) is 12.1 Å². The van der Waals surface area contributed by atoms with Gasteiger partial charge >= 0.3 is 0 Å². The zero-order valence-corrected chi connectivity index (χ0v) is 12.8. The molecular weight excluding hydrogens is 286 g/mol. The molecule has 20 heavy (non-hydrogen) atoms. The van der Waals surface area contributed by atoms with E-state index in [4.69, 9.17) is 11.6 Å². The van der Waals surface area contributed by atoms with Gasteiger partial charge in [0, 0.05) is 15.4 Å². The molecule has 0 radical (unpaired) electrons. The summed E-state index contributed by atoms with van der Waals surface area (Å²) in [6.07, 6.45) is 1.03. The summed E-state index contributed by atoms with van der Waals surface area (Å²) in [7, 11) is 0. The third-order valence-corrected chi connectivity index (χ3v) is 4.62. The van der Waals surface area contributed by atoms with Crippen molar-refractivity contribution in [1.82, 2.24) is 0 Å². The molecule has 0 aliphatic rings. The summed E-state index contributed by atoms with van der Waals surface area (Å²) in [5, 5.41) is 7.82. The van der Waals surface area contributed by atoms with Crippen LogP contribution < -0.4 is 5.32 Å². The molecule has 0 aliphatic carbocycles. The van der Waals surface area contributed by atoms with Crippen LogP contribution in [0.25, 0.3) is 10.1 Å². The average Bonchev–Trinajstić information content (AvgIpc) is 2.93. The number of hydrogen-bond donors (Lipinski definition) is 1. The minimum Gasteiger partial charge on any atom is -0.378 e. The Morgan fingerprint density at radius 2 is 1.90 bits per heavy atom. The predicted molar refractivity (Wildman–Crippen MR) is 89.9 cm³/mol. The van der Waals surface area contributed by atoms with Crippen LogP contribution >= 0.6 is 22.9 Å². The molecule has 1 unspecified atom stereocenters. The number of halogens is 1. The predicted octanol–water partition coefficient (Wildman–Crippen LogP) is 6.12. The number of fused-ring (bicyclic) bond motifs is 1. The molecule has 0 spiro atoms. The quantitative estimate of drug-likeness (QED) is 0.612. The fourth-order valence-electron chi connectivity index (χ4n) is 2.37. The molecule has 2 aromatic carbocycles. The van der Waals surface area contributed by atoms with Crippen molar-refractivity contribution in [3.05, 3.63) is 64.5 Å². The molecular formula is C17H16ClNS. The van der Waals surface area contributed by atoms with Gasteiger partial charge in [-0.3, -0.25) is 0 Å². The Kier molecular flexibility index (Phi) is 3.95. The molecule has 1 aromatic heterocycles. The lowest BCUT2D eigenvalue weighted by Crippen LogP contribution is -2.09. The lowest BCUT2D eigenvalue weighted by Gasteiger charge is -2.19.